The molecule has 3 rings (SSSR count). The Balaban J connectivity index is 1.69. The van der Waals surface area contributed by atoms with Crippen LogP contribution in [0.3, 0.4) is 0 Å². The van der Waals surface area contributed by atoms with E-state index in [1.807, 2.05) is 5.38 Å². The number of amides is 1. The molecule has 0 aliphatic rings. The summed E-state index contributed by atoms with van der Waals surface area (Å²) in [6.45, 7) is 2.13. The molecule has 1 N–H and O–H groups in total. The van der Waals surface area contributed by atoms with Gasteiger partial charge in [-0.25, -0.2) is 9.78 Å². The van der Waals surface area contributed by atoms with E-state index in [9.17, 15) is 14.4 Å². The minimum Gasteiger partial charge on any atom is -0.430 e. The standard InChI is InChI=1S/C15H13N3O4S/c1-9-6-12(19)18-11(8-23-15(18)17-9)4-5-16-14(21)10-2-3-13(20)22-7-10/h2-3,6-8H,4-5H2,1H3,(H,16,21). The van der Waals surface area contributed by atoms with Crippen molar-refractivity contribution in [1.82, 2.24) is 14.7 Å². The molecule has 3 aromatic heterocycles. The third-order valence-corrected chi connectivity index (χ3v) is 4.11. The van der Waals surface area contributed by atoms with Crippen LogP contribution in [-0.4, -0.2) is 21.8 Å². The molecule has 3 heterocycles. The minimum absolute atomic E-state index is 0.125. The van der Waals surface area contributed by atoms with E-state index in [0.717, 1.165) is 12.0 Å². The number of carbonyl (C=O) groups excluding carboxylic acids is 1. The smallest absolute Gasteiger partial charge is 0.335 e. The first-order valence-corrected chi connectivity index (χ1v) is 7.76. The van der Waals surface area contributed by atoms with Crippen LogP contribution in [0.2, 0.25) is 0 Å². The van der Waals surface area contributed by atoms with Crippen molar-refractivity contribution in [3.63, 3.8) is 0 Å². The highest BCUT2D eigenvalue weighted by Crippen LogP contribution is 2.12. The summed E-state index contributed by atoms with van der Waals surface area (Å²) in [4.78, 5) is 39.7. The fraction of sp³-hybridized carbons (Fsp3) is 0.200. The highest BCUT2D eigenvalue weighted by molar-refractivity contribution is 7.15. The second kappa shape index (κ2) is 6.17. The zero-order valence-electron chi connectivity index (χ0n) is 12.2. The molecule has 0 saturated carbocycles. The Kier molecular flexibility index (Phi) is 4.07. The highest BCUT2D eigenvalue weighted by atomic mass is 32.1. The van der Waals surface area contributed by atoms with Gasteiger partial charge < -0.3 is 9.73 Å². The molecule has 3 aromatic rings. The largest absolute Gasteiger partial charge is 0.430 e. The molecule has 118 valence electrons. The second-order valence-corrected chi connectivity index (χ2v) is 5.77. The van der Waals surface area contributed by atoms with Crippen LogP contribution in [0.4, 0.5) is 0 Å². The first-order chi connectivity index (χ1) is 11.0. The van der Waals surface area contributed by atoms with Crippen molar-refractivity contribution in [1.29, 1.82) is 0 Å². The lowest BCUT2D eigenvalue weighted by Gasteiger charge is -2.04. The van der Waals surface area contributed by atoms with Gasteiger partial charge in [-0.05, 0) is 13.0 Å². The lowest BCUT2D eigenvalue weighted by atomic mass is 10.2. The molecule has 0 radical (unpaired) electrons. The van der Waals surface area contributed by atoms with Crippen LogP contribution in [0.5, 0.6) is 0 Å². The number of carbonyl (C=O) groups is 1. The number of fused-ring (bicyclic) bond motifs is 1. The van der Waals surface area contributed by atoms with E-state index in [1.165, 1.54) is 29.5 Å². The number of thiazole rings is 1. The molecule has 8 heteroatoms. The third kappa shape index (κ3) is 3.21. The quantitative estimate of drug-likeness (QED) is 0.769. The number of nitrogens with zero attached hydrogens (tertiary/aromatic N) is 2. The van der Waals surface area contributed by atoms with Crippen molar-refractivity contribution in [2.45, 2.75) is 13.3 Å². The molecule has 0 unspecified atom stereocenters. The number of aryl methyl sites for hydroxylation is 1. The summed E-state index contributed by atoms with van der Waals surface area (Å²) < 4.78 is 6.19. The van der Waals surface area contributed by atoms with Gasteiger partial charge in [0.25, 0.3) is 11.5 Å². The maximum Gasteiger partial charge on any atom is 0.335 e. The van der Waals surface area contributed by atoms with Crippen molar-refractivity contribution >= 4 is 22.2 Å². The third-order valence-electron chi connectivity index (χ3n) is 3.23. The van der Waals surface area contributed by atoms with Crippen molar-refractivity contribution in [2.24, 2.45) is 0 Å². The van der Waals surface area contributed by atoms with Crippen LogP contribution in [0.1, 0.15) is 21.7 Å². The van der Waals surface area contributed by atoms with Crippen molar-refractivity contribution in [3.8, 4) is 0 Å². The predicted octanol–water partition coefficient (Wildman–Crippen LogP) is 0.990. The fourth-order valence-electron chi connectivity index (χ4n) is 2.15. The molecule has 0 aromatic carbocycles. The molecular weight excluding hydrogens is 318 g/mol. The lowest BCUT2D eigenvalue weighted by molar-refractivity contribution is 0.0951. The maximum atomic E-state index is 12.0. The molecule has 0 fully saturated rings. The number of hydrogen-bond donors (Lipinski definition) is 1. The van der Waals surface area contributed by atoms with E-state index >= 15 is 0 Å². The zero-order valence-corrected chi connectivity index (χ0v) is 13.1. The maximum absolute atomic E-state index is 12.0. The summed E-state index contributed by atoms with van der Waals surface area (Å²) >= 11 is 1.39. The van der Waals surface area contributed by atoms with Gasteiger partial charge in [0.15, 0.2) is 4.96 Å². The zero-order chi connectivity index (χ0) is 16.4. The van der Waals surface area contributed by atoms with Gasteiger partial charge >= 0.3 is 5.63 Å². The number of nitrogens with one attached hydrogen (secondary N) is 1. The molecule has 0 bridgehead atoms. The SMILES string of the molecule is Cc1cc(=O)n2c(CCNC(=O)c3ccc(=O)oc3)csc2n1. The number of aromatic nitrogens is 2. The Morgan fingerprint density at radius 2 is 2.22 bits per heavy atom. The Morgan fingerprint density at radius 1 is 1.39 bits per heavy atom. The molecule has 23 heavy (non-hydrogen) atoms. The molecule has 0 aliphatic heterocycles. The van der Waals surface area contributed by atoms with Gasteiger partial charge in [0.1, 0.15) is 6.26 Å². The van der Waals surface area contributed by atoms with Gasteiger partial charge in [0.05, 0.1) is 5.56 Å². The molecular formula is C15H13N3O4S. The molecule has 0 spiro atoms. The summed E-state index contributed by atoms with van der Waals surface area (Å²) in [7, 11) is 0. The van der Waals surface area contributed by atoms with E-state index in [0.29, 0.717) is 23.6 Å². The normalized spacial score (nSPS) is 10.8. The van der Waals surface area contributed by atoms with Gasteiger partial charge in [-0.15, -0.1) is 11.3 Å². The van der Waals surface area contributed by atoms with Crippen LogP contribution in [-0.2, 0) is 6.42 Å². The van der Waals surface area contributed by atoms with Gasteiger partial charge in [0.2, 0.25) is 0 Å². The van der Waals surface area contributed by atoms with Crippen LogP contribution < -0.4 is 16.5 Å². The first-order valence-electron chi connectivity index (χ1n) is 6.88. The molecule has 0 saturated heterocycles. The van der Waals surface area contributed by atoms with Gasteiger partial charge in [-0.1, -0.05) is 0 Å². The van der Waals surface area contributed by atoms with Crippen molar-refractivity contribution < 1.29 is 9.21 Å². The van der Waals surface area contributed by atoms with Crippen LogP contribution >= 0.6 is 11.3 Å². The first kappa shape index (κ1) is 15.2. The summed E-state index contributed by atoms with van der Waals surface area (Å²) in [5.41, 5.74) is 1.12. The van der Waals surface area contributed by atoms with E-state index in [-0.39, 0.29) is 17.0 Å². The van der Waals surface area contributed by atoms with Gasteiger partial charge in [0, 0.05) is 41.9 Å². The lowest BCUT2D eigenvalue weighted by Crippen LogP contribution is -2.27. The molecule has 7 nitrogen and oxygen atoms in total. The van der Waals surface area contributed by atoms with E-state index < -0.39 is 5.63 Å². The van der Waals surface area contributed by atoms with Gasteiger partial charge in [-0.2, -0.15) is 0 Å². The molecule has 1 amide bonds. The van der Waals surface area contributed by atoms with E-state index in [1.54, 1.807) is 11.3 Å². The van der Waals surface area contributed by atoms with Gasteiger partial charge in [-0.3, -0.25) is 14.0 Å². The summed E-state index contributed by atoms with van der Waals surface area (Å²) in [6, 6.07) is 4.07. The monoisotopic (exact) mass is 331 g/mol. The Labute approximate surface area is 134 Å². The molecule has 0 atom stereocenters. The summed E-state index contributed by atoms with van der Waals surface area (Å²) in [5, 5.41) is 4.58. The summed E-state index contributed by atoms with van der Waals surface area (Å²) in [5.74, 6) is -0.338. The summed E-state index contributed by atoms with van der Waals surface area (Å²) in [6.07, 6.45) is 1.61. The average Bonchev–Trinajstić information content (AvgIpc) is 2.91. The fourth-order valence-corrected chi connectivity index (χ4v) is 3.13. The minimum atomic E-state index is -0.506. The Bertz CT molecular complexity index is 966. The number of rotatable bonds is 4. The van der Waals surface area contributed by atoms with E-state index in [2.05, 4.69) is 14.7 Å². The van der Waals surface area contributed by atoms with Crippen LogP contribution in [0.25, 0.3) is 4.96 Å². The van der Waals surface area contributed by atoms with Crippen molar-refractivity contribution in [2.75, 3.05) is 6.54 Å². The Hall–Kier alpha value is -2.74. The second-order valence-electron chi connectivity index (χ2n) is 4.93. The van der Waals surface area contributed by atoms with Crippen LogP contribution in [0, 0.1) is 6.92 Å². The number of hydrogen-bond acceptors (Lipinski definition) is 6. The molecule has 0 aliphatic carbocycles. The van der Waals surface area contributed by atoms with Crippen molar-refractivity contribution in [3.05, 3.63) is 67.6 Å². The topological polar surface area (TPSA) is 93.7 Å². The van der Waals surface area contributed by atoms with Crippen LogP contribution in [0.15, 0.2) is 43.8 Å². The average molecular weight is 331 g/mol. The van der Waals surface area contributed by atoms with E-state index in [4.69, 9.17) is 0 Å². The Morgan fingerprint density at radius 3 is 2.96 bits per heavy atom. The highest BCUT2D eigenvalue weighted by Gasteiger charge is 2.09. The predicted molar refractivity (Wildman–Crippen MR) is 85.1 cm³/mol.